The number of fused-ring (bicyclic) bond motifs is 1. The third-order valence-electron chi connectivity index (χ3n) is 12.9. The fourth-order valence-corrected chi connectivity index (χ4v) is 9.42. The van der Waals surface area contributed by atoms with Crippen LogP contribution < -0.4 is 20.4 Å². The van der Waals surface area contributed by atoms with Gasteiger partial charge in [0.05, 0.1) is 0 Å². The number of carbonyl (C=O) groups is 4. The smallest absolute Gasteiger partial charge is 0.255 e. The Morgan fingerprint density at radius 2 is 1.47 bits per heavy atom. The van der Waals surface area contributed by atoms with E-state index in [1.54, 1.807) is 4.90 Å². The second-order valence-corrected chi connectivity index (χ2v) is 16.3. The highest BCUT2D eigenvalue weighted by Crippen LogP contribution is 2.58. The Balaban J connectivity index is 0.859. The van der Waals surface area contributed by atoms with E-state index < -0.39 is 6.04 Å². The Morgan fingerprint density at radius 3 is 2.12 bits per heavy atom. The molecule has 0 unspecified atom stereocenters. The molecule has 5 aliphatic rings. The summed E-state index contributed by atoms with van der Waals surface area (Å²) < 4.78 is 0. The molecule has 3 saturated heterocycles. The van der Waals surface area contributed by atoms with E-state index in [0.29, 0.717) is 30.4 Å². The molecule has 0 spiro atoms. The lowest BCUT2D eigenvalue weighted by molar-refractivity contribution is -0.136. The number of nitrogens with zero attached hydrogens (tertiary/aromatic N) is 4. The maximum atomic E-state index is 13.1. The second kappa shape index (κ2) is 12.8. The monoisotopic (exact) mass is 668 g/mol. The van der Waals surface area contributed by atoms with E-state index in [1.165, 1.54) is 5.69 Å². The van der Waals surface area contributed by atoms with E-state index in [9.17, 15) is 19.2 Å². The molecule has 1 saturated carbocycles. The maximum absolute atomic E-state index is 13.1. The van der Waals surface area contributed by atoms with Crippen molar-refractivity contribution < 1.29 is 19.2 Å². The molecule has 2 aromatic carbocycles. The number of anilines is 2. The van der Waals surface area contributed by atoms with Gasteiger partial charge in [-0.15, -0.1) is 0 Å². The number of rotatable bonds is 7. The minimum atomic E-state index is -0.586. The first kappa shape index (κ1) is 33.6. The Morgan fingerprint density at radius 1 is 0.837 bits per heavy atom. The van der Waals surface area contributed by atoms with Crippen molar-refractivity contribution >= 4 is 35.0 Å². The van der Waals surface area contributed by atoms with Gasteiger partial charge in [0.2, 0.25) is 11.8 Å². The second-order valence-electron chi connectivity index (χ2n) is 16.3. The number of piperidine rings is 2. The van der Waals surface area contributed by atoms with Crippen LogP contribution in [0.4, 0.5) is 11.4 Å². The Bertz CT molecular complexity index is 1600. The van der Waals surface area contributed by atoms with E-state index in [4.69, 9.17) is 0 Å². The summed E-state index contributed by atoms with van der Waals surface area (Å²) in [5, 5.41) is 5.71. The van der Waals surface area contributed by atoms with Crippen molar-refractivity contribution in [1.82, 2.24) is 20.4 Å². The quantitative estimate of drug-likeness (QED) is 0.425. The van der Waals surface area contributed by atoms with Crippen LogP contribution >= 0.6 is 0 Å². The van der Waals surface area contributed by atoms with Crippen molar-refractivity contribution in [1.29, 1.82) is 0 Å². The highest BCUT2D eigenvalue weighted by molar-refractivity contribution is 6.05. The standard InChI is InChI=1S/C39H52N6O4/c1-25-38(2,3)37(39(25,4)5)41-34(47)27-6-8-29(9-7-27)43-16-14-26(15-17-43)23-42-18-20-44(21-19-42)30-10-11-31-28(22-30)24-45(36(31)49)32-12-13-33(46)40-35(32)48/h6-11,22,25-26,32,37H,12-21,23-24H2,1-5H3,(H,41,47)(H,40,46,48)/t25?,32-,37?/m0/s1. The molecule has 2 aromatic rings. The average molecular weight is 669 g/mol. The molecule has 4 fully saturated rings. The van der Waals surface area contributed by atoms with Crippen LogP contribution in [-0.2, 0) is 16.1 Å². The predicted molar refractivity (Wildman–Crippen MR) is 190 cm³/mol. The molecule has 262 valence electrons. The minimum Gasteiger partial charge on any atom is -0.372 e. The van der Waals surface area contributed by atoms with E-state index >= 15 is 0 Å². The van der Waals surface area contributed by atoms with E-state index in [1.807, 2.05) is 24.3 Å². The normalized spacial score (nSPS) is 27.1. The van der Waals surface area contributed by atoms with Gasteiger partial charge in [0.25, 0.3) is 11.8 Å². The minimum absolute atomic E-state index is 0.0195. The van der Waals surface area contributed by atoms with Crippen molar-refractivity contribution in [2.75, 3.05) is 55.6 Å². The summed E-state index contributed by atoms with van der Waals surface area (Å²) in [6, 6.07) is 13.8. The van der Waals surface area contributed by atoms with E-state index in [0.717, 1.165) is 75.5 Å². The van der Waals surface area contributed by atoms with Crippen molar-refractivity contribution in [2.45, 2.75) is 78.9 Å². The van der Waals surface area contributed by atoms with Crippen LogP contribution in [0.1, 0.15) is 86.6 Å². The first-order valence-corrected chi connectivity index (χ1v) is 18.2. The highest BCUT2D eigenvalue weighted by atomic mass is 16.2. The summed E-state index contributed by atoms with van der Waals surface area (Å²) in [7, 11) is 0. The van der Waals surface area contributed by atoms with Crippen LogP contribution in [0, 0.1) is 22.7 Å². The fraction of sp³-hybridized carbons (Fsp3) is 0.590. The number of hydrogen-bond donors (Lipinski definition) is 2. The third-order valence-corrected chi connectivity index (χ3v) is 12.9. The van der Waals surface area contributed by atoms with Gasteiger partial charge in [0.1, 0.15) is 6.04 Å². The van der Waals surface area contributed by atoms with E-state index in [-0.39, 0.29) is 46.9 Å². The van der Waals surface area contributed by atoms with E-state index in [2.05, 4.69) is 78.2 Å². The number of benzene rings is 2. The Labute approximate surface area is 290 Å². The number of imide groups is 1. The molecule has 4 aliphatic heterocycles. The van der Waals surface area contributed by atoms with Crippen LogP contribution in [0.5, 0.6) is 0 Å². The molecule has 10 heteroatoms. The summed E-state index contributed by atoms with van der Waals surface area (Å²) in [6.07, 6.45) is 2.96. The molecule has 10 nitrogen and oxygen atoms in total. The molecule has 1 aliphatic carbocycles. The molecule has 4 heterocycles. The summed E-state index contributed by atoms with van der Waals surface area (Å²) >= 11 is 0. The van der Waals surface area contributed by atoms with Crippen LogP contribution in [0.15, 0.2) is 42.5 Å². The van der Waals surface area contributed by atoms with Gasteiger partial charge in [-0.05, 0) is 90.0 Å². The number of hydrogen-bond acceptors (Lipinski definition) is 7. The molecular formula is C39H52N6O4. The predicted octanol–water partition coefficient (Wildman–Crippen LogP) is 4.29. The zero-order valence-corrected chi connectivity index (χ0v) is 29.8. The van der Waals surface area contributed by atoms with Gasteiger partial charge in [-0.25, -0.2) is 0 Å². The summed E-state index contributed by atoms with van der Waals surface area (Å²) in [4.78, 5) is 59.3. The lowest BCUT2D eigenvalue weighted by Gasteiger charge is -2.63. The molecule has 0 bridgehead atoms. The van der Waals surface area contributed by atoms with Gasteiger partial charge in [0.15, 0.2) is 0 Å². The molecule has 0 aromatic heterocycles. The van der Waals surface area contributed by atoms with Crippen LogP contribution in [0.25, 0.3) is 0 Å². The Hall–Kier alpha value is -3.92. The molecule has 4 amide bonds. The van der Waals surface area contributed by atoms with Crippen molar-refractivity contribution in [3.05, 3.63) is 59.2 Å². The van der Waals surface area contributed by atoms with Crippen molar-refractivity contribution in [2.24, 2.45) is 22.7 Å². The number of nitrogens with one attached hydrogen (secondary N) is 2. The third kappa shape index (κ3) is 6.21. The van der Waals surface area contributed by atoms with Gasteiger partial charge in [-0.1, -0.05) is 34.6 Å². The number of amides is 4. The molecule has 7 rings (SSSR count). The average Bonchev–Trinajstić information content (AvgIpc) is 3.42. The Kier molecular flexibility index (Phi) is 8.74. The summed E-state index contributed by atoms with van der Waals surface area (Å²) in [5.74, 6) is 0.473. The SMILES string of the molecule is CC1C(C)(C)C(NC(=O)c2ccc(N3CCC(CN4CCN(c5ccc6c(c5)CN([C@H]5CCC(=O)NC5=O)C6=O)CC4)CC3)cc2)C1(C)C. The lowest BCUT2D eigenvalue weighted by atomic mass is 9.45. The molecule has 2 N–H and O–H groups in total. The van der Waals surface area contributed by atoms with Gasteiger partial charge >= 0.3 is 0 Å². The zero-order valence-electron chi connectivity index (χ0n) is 29.8. The van der Waals surface area contributed by atoms with Crippen molar-refractivity contribution in [3.8, 4) is 0 Å². The summed E-state index contributed by atoms with van der Waals surface area (Å²) in [5.41, 5.74) is 4.84. The first-order valence-electron chi connectivity index (χ1n) is 18.2. The fourth-order valence-electron chi connectivity index (χ4n) is 9.42. The number of carbonyl (C=O) groups excluding carboxylic acids is 4. The zero-order chi connectivity index (χ0) is 34.7. The topological polar surface area (TPSA) is 105 Å². The number of piperazine rings is 1. The molecule has 0 radical (unpaired) electrons. The highest BCUT2D eigenvalue weighted by Gasteiger charge is 2.59. The largest absolute Gasteiger partial charge is 0.372 e. The van der Waals surface area contributed by atoms with Crippen molar-refractivity contribution in [3.63, 3.8) is 0 Å². The molecule has 49 heavy (non-hydrogen) atoms. The van der Waals surface area contributed by atoms with Crippen LogP contribution in [0.3, 0.4) is 0 Å². The van der Waals surface area contributed by atoms with Crippen LogP contribution in [-0.4, -0.2) is 91.3 Å². The van der Waals surface area contributed by atoms with Gasteiger partial charge in [0, 0.05) is 87.3 Å². The molecular weight excluding hydrogens is 616 g/mol. The van der Waals surface area contributed by atoms with Gasteiger partial charge in [-0.3, -0.25) is 29.4 Å². The van der Waals surface area contributed by atoms with Gasteiger partial charge in [-0.2, -0.15) is 0 Å². The van der Waals surface area contributed by atoms with Gasteiger partial charge < -0.3 is 20.0 Å². The lowest BCUT2D eigenvalue weighted by Crippen LogP contribution is -2.69. The first-order chi connectivity index (χ1) is 23.3. The summed E-state index contributed by atoms with van der Waals surface area (Å²) in [6.45, 7) is 18.8. The van der Waals surface area contributed by atoms with Crippen LogP contribution in [0.2, 0.25) is 0 Å². The maximum Gasteiger partial charge on any atom is 0.255 e. The molecule has 1 atom stereocenters.